The van der Waals surface area contributed by atoms with Crippen LogP contribution in [0, 0.1) is 0 Å². The summed E-state index contributed by atoms with van der Waals surface area (Å²) in [6, 6.07) is 12.9. The molecule has 0 spiro atoms. The number of hydrogen-bond donors (Lipinski definition) is 2. The highest BCUT2D eigenvalue weighted by Gasteiger charge is 2.27. The summed E-state index contributed by atoms with van der Waals surface area (Å²) in [5, 5.41) is 12.1. The van der Waals surface area contributed by atoms with Crippen LogP contribution in [0.2, 0.25) is 0 Å². The number of piperazine rings is 1. The summed E-state index contributed by atoms with van der Waals surface area (Å²) in [6.45, 7) is -1.92. The molecule has 182 valence electrons. The van der Waals surface area contributed by atoms with Crippen molar-refractivity contribution in [2.75, 3.05) is 38.1 Å². The van der Waals surface area contributed by atoms with Crippen molar-refractivity contribution < 1.29 is 28.2 Å². The summed E-state index contributed by atoms with van der Waals surface area (Å²) in [5.41, 5.74) is 2.58. The Kier molecular flexibility index (Phi) is 7.46. The van der Waals surface area contributed by atoms with Gasteiger partial charge < -0.3 is 25.0 Å². The Morgan fingerprint density at radius 3 is 2.31 bits per heavy atom. The maximum atomic E-state index is 12.7. The van der Waals surface area contributed by atoms with Crippen molar-refractivity contribution in [1.82, 2.24) is 19.8 Å². The first kappa shape index (κ1) is 24.0. The van der Waals surface area contributed by atoms with Crippen LogP contribution in [0.4, 0.5) is 20.4 Å². The zero-order valence-corrected chi connectivity index (χ0v) is 18.6. The molecule has 2 N–H and O–H groups in total. The van der Waals surface area contributed by atoms with Gasteiger partial charge in [-0.15, -0.1) is 0 Å². The number of amides is 2. The van der Waals surface area contributed by atoms with E-state index in [0.29, 0.717) is 35.9 Å². The van der Waals surface area contributed by atoms with Crippen LogP contribution in [0.5, 0.6) is 5.75 Å². The van der Waals surface area contributed by atoms with Crippen molar-refractivity contribution in [3.8, 4) is 16.9 Å². The Morgan fingerprint density at radius 1 is 1.03 bits per heavy atom. The Labute approximate surface area is 200 Å². The third-order valence-electron chi connectivity index (χ3n) is 5.43. The number of aromatic nitrogens is 2. The number of hydrogen-bond acceptors (Lipinski definition) is 7. The molecule has 1 saturated heterocycles. The van der Waals surface area contributed by atoms with E-state index in [-0.39, 0.29) is 37.3 Å². The third-order valence-corrected chi connectivity index (χ3v) is 5.43. The molecule has 1 fully saturated rings. The molecular formula is C24H23F2N5O4. The van der Waals surface area contributed by atoms with Crippen LogP contribution in [-0.2, 0) is 4.79 Å². The molecule has 2 heterocycles. The fourth-order valence-corrected chi connectivity index (χ4v) is 3.62. The average molecular weight is 483 g/mol. The smallest absolute Gasteiger partial charge is 0.387 e. The molecule has 0 radical (unpaired) electrons. The maximum Gasteiger partial charge on any atom is 0.387 e. The molecule has 1 aliphatic rings. The number of ether oxygens (including phenoxy) is 1. The number of nitrogens with one attached hydrogen (secondary N) is 1. The molecule has 0 atom stereocenters. The Morgan fingerprint density at radius 2 is 1.71 bits per heavy atom. The van der Waals surface area contributed by atoms with Gasteiger partial charge in [0.2, 0.25) is 11.9 Å². The molecule has 4 rings (SSSR count). The number of β-amino-alcohol motifs (C(OH)–C–C–N with tert-alkyl or cyclic N) is 1. The number of benzene rings is 2. The summed E-state index contributed by atoms with van der Waals surface area (Å²) in [4.78, 5) is 36.4. The first-order valence-electron chi connectivity index (χ1n) is 10.9. The van der Waals surface area contributed by atoms with E-state index in [1.165, 1.54) is 17.0 Å². The molecule has 35 heavy (non-hydrogen) atoms. The lowest BCUT2D eigenvalue weighted by atomic mass is 10.1. The predicted molar refractivity (Wildman–Crippen MR) is 123 cm³/mol. The van der Waals surface area contributed by atoms with Gasteiger partial charge in [-0.25, -0.2) is 9.97 Å². The van der Waals surface area contributed by atoms with E-state index in [0.717, 1.165) is 5.56 Å². The highest BCUT2D eigenvalue weighted by molar-refractivity contribution is 5.97. The highest BCUT2D eigenvalue weighted by Crippen LogP contribution is 2.23. The number of aliphatic hydroxyl groups is 1. The quantitative estimate of drug-likeness (QED) is 0.507. The molecule has 2 amide bonds. The number of carbonyl (C=O) groups is 2. The zero-order chi connectivity index (χ0) is 24.8. The van der Waals surface area contributed by atoms with Crippen molar-refractivity contribution in [2.45, 2.75) is 6.61 Å². The van der Waals surface area contributed by atoms with E-state index >= 15 is 0 Å². The number of anilines is 2. The van der Waals surface area contributed by atoms with Crippen LogP contribution in [-0.4, -0.2) is 76.1 Å². The fourth-order valence-electron chi connectivity index (χ4n) is 3.62. The minimum absolute atomic E-state index is 0.0129. The van der Waals surface area contributed by atoms with Crippen LogP contribution in [0.1, 0.15) is 10.4 Å². The van der Waals surface area contributed by atoms with E-state index in [1.807, 2.05) is 0 Å². The summed E-state index contributed by atoms with van der Waals surface area (Å²) < 4.78 is 28.9. The van der Waals surface area contributed by atoms with Gasteiger partial charge >= 0.3 is 6.61 Å². The van der Waals surface area contributed by atoms with E-state index in [4.69, 9.17) is 5.11 Å². The molecule has 0 bridgehead atoms. The summed E-state index contributed by atoms with van der Waals surface area (Å²) in [5.74, 6) is -0.00870. The second-order valence-corrected chi connectivity index (χ2v) is 7.73. The van der Waals surface area contributed by atoms with Gasteiger partial charge in [0, 0.05) is 48.8 Å². The molecule has 0 unspecified atom stereocenters. The number of rotatable bonds is 8. The molecular weight excluding hydrogens is 460 g/mol. The van der Waals surface area contributed by atoms with Crippen LogP contribution in [0.3, 0.4) is 0 Å². The molecule has 0 aliphatic carbocycles. The second kappa shape index (κ2) is 10.9. The van der Waals surface area contributed by atoms with Crippen LogP contribution >= 0.6 is 0 Å². The lowest BCUT2D eigenvalue weighted by Crippen LogP contribution is -2.52. The SMILES string of the molecule is O=C1CN(C(=O)c2ccc(Nc3ncc(-c4ccc(OC(F)F)cc4)cn3)cc2)CCN1CCO. The molecule has 1 aromatic heterocycles. The predicted octanol–water partition coefficient (Wildman–Crippen LogP) is 2.77. The van der Waals surface area contributed by atoms with Crippen molar-refractivity contribution in [3.05, 3.63) is 66.5 Å². The van der Waals surface area contributed by atoms with Gasteiger partial charge in [0.15, 0.2) is 0 Å². The van der Waals surface area contributed by atoms with Crippen LogP contribution in [0.15, 0.2) is 60.9 Å². The Bertz CT molecular complexity index is 1160. The van der Waals surface area contributed by atoms with Crippen LogP contribution in [0.25, 0.3) is 11.1 Å². The summed E-state index contributed by atoms with van der Waals surface area (Å²) >= 11 is 0. The molecule has 9 nitrogen and oxygen atoms in total. The molecule has 2 aromatic carbocycles. The van der Waals surface area contributed by atoms with E-state index in [9.17, 15) is 18.4 Å². The van der Waals surface area contributed by atoms with Gasteiger partial charge in [-0.1, -0.05) is 12.1 Å². The van der Waals surface area contributed by atoms with Gasteiger partial charge in [-0.3, -0.25) is 9.59 Å². The van der Waals surface area contributed by atoms with Gasteiger partial charge in [-0.2, -0.15) is 8.78 Å². The molecule has 11 heteroatoms. The second-order valence-electron chi connectivity index (χ2n) is 7.73. The summed E-state index contributed by atoms with van der Waals surface area (Å²) in [7, 11) is 0. The maximum absolute atomic E-state index is 12.7. The van der Waals surface area contributed by atoms with Crippen molar-refractivity contribution >= 4 is 23.5 Å². The normalized spacial score (nSPS) is 13.8. The average Bonchev–Trinajstić information content (AvgIpc) is 2.86. The number of halogens is 2. The first-order valence-corrected chi connectivity index (χ1v) is 10.9. The van der Waals surface area contributed by atoms with E-state index in [2.05, 4.69) is 20.0 Å². The number of aliphatic hydroxyl groups excluding tert-OH is 1. The van der Waals surface area contributed by atoms with Crippen molar-refractivity contribution in [1.29, 1.82) is 0 Å². The van der Waals surface area contributed by atoms with Crippen molar-refractivity contribution in [3.63, 3.8) is 0 Å². The van der Waals surface area contributed by atoms with Gasteiger partial charge in [0.25, 0.3) is 5.91 Å². The monoisotopic (exact) mass is 483 g/mol. The first-order chi connectivity index (χ1) is 16.9. The van der Waals surface area contributed by atoms with Crippen molar-refractivity contribution in [2.24, 2.45) is 0 Å². The molecule has 1 aliphatic heterocycles. The van der Waals surface area contributed by atoms with Gasteiger partial charge in [0.05, 0.1) is 6.61 Å². The topological polar surface area (TPSA) is 108 Å². The van der Waals surface area contributed by atoms with Gasteiger partial charge in [0.1, 0.15) is 12.3 Å². The number of alkyl halides is 2. The standard InChI is InChI=1S/C24H23F2N5O4/c25-23(26)35-20-7-3-16(4-8-20)18-13-27-24(28-14-18)29-19-5-1-17(2-6-19)22(34)31-10-9-30(11-12-32)21(33)15-31/h1-8,13-14,23,32H,9-12,15H2,(H,27,28,29). The van der Waals surface area contributed by atoms with E-state index < -0.39 is 6.61 Å². The number of nitrogens with zero attached hydrogens (tertiary/aromatic N) is 4. The number of carbonyl (C=O) groups excluding carboxylic acids is 2. The summed E-state index contributed by atoms with van der Waals surface area (Å²) in [6.07, 6.45) is 3.20. The minimum Gasteiger partial charge on any atom is -0.435 e. The Hall–Kier alpha value is -4.12. The van der Waals surface area contributed by atoms with Gasteiger partial charge in [-0.05, 0) is 42.0 Å². The molecule has 3 aromatic rings. The molecule has 0 saturated carbocycles. The lowest BCUT2D eigenvalue weighted by molar-refractivity contribution is -0.135. The fraction of sp³-hybridized carbons (Fsp3) is 0.250. The minimum atomic E-state index is -2.88. The zero-order valence-electron chi connectivity index (χ0n) is 18.6. The lowest BCUT2D eigenvalue weighted by Gasteiger charge is -2.34. The third kappa shape index (κ3) is 6.07. The van der Waals surface area contributed by atoms with Crippen LogP contribution < -0.4 is 10.1 Å². The Balaban J connectivity index is 1.35. The largest absolute Gasteiger partial charge is 0.435 e. The van der Waals surface area contributed by atoms with E-state index in [1.54, 1.807) is 53.7 Å². The highest BCUT2D eigenvalue weighted by atomic mass is 19.3.